The molecule has 3 nitrogen and oxygen atoms in total. The predicted molar refractivity (Wildman–Crippen MR) is 66.4 cm³/mol. The maximum atomic E-state index is 11.8. The van der Waals surface area contributed by atoms with Crippen molar-refractivity contribution in [2.45, 2.75) is 13.3 Å². The maximum absolute atomic E-state index is 11.8. The summed E-state index contributed by atoms with van der Waals surface area (Å²) in [4.78, 5) is 13.5. The van der Waals surface area contributed by atoms with E-state index in [0.717, 1.165) is 15.7 Å². The zero-order valence-corrected chi connectivity index (χ0v) is 10.7. The highest BCUT2D eigenvalue weighted by Gasteiger charge is 2.31. The molecular formula is C12H14BrNO2. The van der Waals surface area contributed by atoms with Crippen molar-refractivity contribution in [3.63, 3.8) is 0 Å². The van der Waals surface area contributed by atoms with Crippen LogP contribution in [0.4, 0.5) is 5.69 Å². The lowest BCUT2D eigenvalue weighted by atomic mass is 10.1. The van der Waals surface area contributed by atoms with Crippen molar-refractivity contribution in [1.82, 2.24) is 0 Å². The topological polar surface area (TPSA) is 40.5 Å². The summed E-state index contributed by atoms with van der Waals surface area (Å²) in [7, 11) is 0. The Labute approximate surface area is 103 Å². The number of nitrogens with zero attached hydrogens (tertiary/aromatic N) is 1. The Balaban J connectivity index is 2.31. The number of aryl methyl sites for hydroxylation is 1. The Kier molecular flexibility index (Phi) is 3.30. The van der Waals surface area contributed by atoms with Gasteiger partial charge < -0.3 is 10.0 Å². The Morgan fingerprint density at radius 3 is 2.94 bits per heavy atom. The van der Waals surface area contributed by atoms with Gasteiger partial charge in [0.2, 0.25) is 5.91 Å². The van der Waals surface area contributed by atoms with E-state index in [9.17, 15) is 4.79 Å². The molecule has 0 radical (unpaired) electrons. The second kappa shape index (κ2) is 4.55. The van der Waals surface area contributed by atoms with E-state index >= 15 is 0 Å². The summed E-state index contributed by atoms with van der Waals surface area (Å²) in [6.07, 6.45) is 0.441. The fourth-order valence-corrected chi connectivity index (χ4v) is 2.46. The number of rotatable bonds is 2. The molecule has 1 saturated heterocycles. The molecule has 1 atom stereocenters. The minimum absolute atomic E-state index is 0.0694. The number of aliphatic hydroxyl groups is 1. The molecule has 1 aliphatic heterocycles. The SMILES string of the molecule is Cc1cccc(N2CC(CO)CC2=O)c1Br. The molecule has 86 valence electrons. The first-order valence-corrected chi connectivity index (χ1v) is 6.09. The van der Waals surface area contributed by atoms with Gasteiger partial charge >= 0.3 is 0 Å². The molecule has 2 rings (SSSR count). The first-order chi connectivity index (χ1) is 7.63. The number of anilines is 1. The van der Waals surface area contributed by atoms with E-state index in [4.69, 9.17) is 5.11 Å². The van der Waals surface area contributed by atoms with E-state index in [1.54, 1.807) is 4.90 Å². The molecule has 1 aliphatic rings. The molecule has 0 aromatic heterocycles. The van der Waals surface area contributed by atoms with Crippen LogP contribution in [0.5, 0.6) is 0 Å². The number of benzene rings is 1. The number of aliphatic hydroxyl groups excluding tert-OH is 1. The number of carbonyl (C=O) groups excluding carboxylic acids is 1. The van der Waals surface area contributed by atoms with Crippen molar-refractivity contribution in [1.29, 1.82) is 0 Å². The van der Waals surface area contributed by atoms with Crippen LogP contribution in [-0.2, 0) is 4.79 Å². The first-order valence-electron chi connectivity index (χ1n) is 5.30. The summed E-state index contributed by atoms with van der Waals surface area (Å²) >= 11 is 3.50. The molecule has 4 heteroatoms. The van der Waals surface area contributed by atoms with Gasteiger partial charge in [0.25, 0.3) is 0 Å². The highest BCUT2D eigenvalue weighted by atomic mass is 79.9. The molecule has 1 N–H and O–H groups in total. The van der Waals surface area contributed by atoms with Crippen molar-refractivity contribution in [2.75, 3.05) is 18.1 Å². The predicted octanol–water partition coefficient (Wildman–Crippen LogP) is 2.10. The summed E-state index contributed by atoms with van der Waals surface area (Å²) in [5.41, 5.74) is 2.01. The van der Waals surface area contributed by atoms with E-state index in [1.165, 1.54) is 0 Å². The molecule has 1 amide bonds. The molecule has 1 unspecified atom stereocenters. The molecule has 0 saturated carbocycles. The van der Waals surface area contributed by atoms with Gasteiger partial charge in [0.15, 0.2) is 0 Å². The number of carbonyl (C=O) groups is 1. The van der Waals surface area contributed by atoms with Crippen LogP contribution in [0.3, 0.4) is 0 Å². The van der Waals surface area contributed by atoms with Gasteiger partial charge in [-0.05, 0) is 34.5 Å². The van der Waals surface area contributed by atoms with Crippen LogP contribution in [0.15, 0.2) is 22.7 Å². The first kappa shape index (κ1) is 11.6. The van der Waals surface area contributed by atoms with Crippen LogP contribution in [0.25, 0.3) is 0 Å². The van der Waals surface area contributed by atoms with Crippen LogP contribution >= 0.6 is 15.9 Å². The van der Waals surface area contributed by atoms with E-state index in [2.05, 4.69) is 15.9 Å². The summed E-state index contributed by atoms with van der Waals surface area (Å²) in [5.74, 6) is 0.158. The van der Waals surface area contributed by atoms with Gasteiger partial charge in [-0.1, -0.05) is 12.1 Å². The lowest BCUT2D eigenvalue weighted by Gasteiger charge is -2.19. The number of hydrogen-bond donors (Lipinski definition) is 1. The van der Waals surface area contributed by atoms with Crippen LogP contribution in [-0.4, -0.2) is 24.2 Å². The maximum Gasteiger partial charge on any atom is 0.227 e. The molecule has 1 aromatic carbocycles. The molecule has 0 bridgehead atoms. The van der Waals surface area contributed by atoms with Crippen LogP contribution in [0, 0.1) is 12.8 Å². The van der Waals surface area contributed by atoms with E-state index in [1.807, 2.05) is 25.1 Å². The van der Waals surface area contributed by atoms with E-state index in [-0.39, 0.29) is 18.4 Å². The van der Waals surface area contributed by atoms with E-state index < -0.39 is 0 Å². The third-order valence-electron chi connectivity index (χ3n) is 2.93. The Hall–Kier alpha value is -0.870. The lowest BCUT2D eigenvalue weighted by Crippen LogP contribution is -2.25. The van der Waals surface area contributed by atoms with Crippen LogP contribution < -0.4 is 4.90 Å². The molecule has 0 aliphatic carbocycles. The standard InChI is InChI=1S/C12H14BrNO2/c1-8-3-2-4-10(12(8)13)14-6-9(7-15)5-11(14)16/h2-4,9,15H,5-7H2,1H3. The van der Waals surface area contributed by atoms with E-state index in [0.29, 0.717) is 13.0 Å². The van der Waals surface area contributed by atoms with Gasteiger partial charge in [-0.25, -0.2) is 0 Å². The largest absolute Gasteiger partial charge is 0.396 e. The van der Waals surface area contributed by atoms with Crippen LogP contribution in [0.2, 0.25) is 0 Å². The van der Waals surface area contributed by atoms with Gasteiger partial charge in [0.05, 0.1) is 5.69 Å². The summed E-state index contributed by atoms with van der Waals surface area (Å²) in [5, 5.41) is 9.08. The highest BCUT2D eigenvalue weighted by Crippen LogP contribution is 2.33. The normalized spacial score (nSPS) is 20.6. The van der Waals surface area contributed by atoms with Gasteiger partial charge in [0, 0.05) is 30.0 Å². The minimum Gasteiger partial charge on any atom is -0.396 e. The van der Waals surface area contributed by atoms with Crippen LogP contribution in [0.1, 0.15) is 12.0 Å². The summed E-state index contributed by atoms with van der Waals surface area (Å²) < 4.78 is 0.960. The quantitative estimate of drug-likeness (QED) is 0.903. The second-order valence-electron chi connectivity index (χ2n) is 4.17. The number of amides is 1. The average Bonchev–Trinajstić information content (AvgIpc) is 2.64. The molecule has 1 fully saturated rings. The summed E-state index contributed by atoms with van der Waals surface area (Å²) in [6, 6.07) is 5.86. The smallest absolute Gasteiger partial charge is 0.227 e. The fourth-order valence-electron chi connectivity index (χ4n) is 1.98. The molecule has 0 spiro atoms. The molecule has 16 heavy (non-hydrogen) atoms. The van der Waals surface area contributed by atoms with Crippen molar-refractivity contribution in [3.8, 4) is 0 Å². The molecule has 1 heterocycles. The van der Waals surface area contributed by atoms with Gasteiger partial charge in [-0.2, -0.15) is 0 Å². The van der Waals surface area contributed by atoms with Crippen molar-refractivity contribution < 1.29 is 9.90 Å². The van der Waals surface area contributed by atoms with Gasteiger partial charge in [-0.3, -0.25) is 4.79 Å². The molecule has 1 aromatic rings. The number of hydrogen-bond acceptors (Lipinski definition) is 2. The fraction of sp³-hybridized carbons (Fsp3) is 0.417. The third-order valence-corrected chi connectivity index (χ3v) is 3.96. The zero-order chi connectivity index (χ0) is 11.7. The Morgan fingerprint density at radius 2 is 2.31 bits per heavy atom. The molecular weight excluding hydrogens is 270 g/mol. The average molecular weight is 284 g/mol. The lowest BCUT2D eigenvalue weighted by molar-refractivity contribution is -0.117. The Bertz CT molecular complexity index is 419. The summed E-state index contributed by atoms with van der Waals surface area (Å²) in [6.45, 7) is 2.68. The second-order valence-corrected chi connectivity index (χ2v) is 4.96. The Morgan fingerprint density at radius 1 is 1.56 bits per heavy atom. The highest BCUT2D eigenvalue weighted by molar-refractivity contribution is 9.10. The monoisotopic (exact) mass is 283 g/mol. The minimum atomic E-state index is 0.0694. The third kappa shape index (κ3) is 1.99. The van der Waals surface area contributed by atoms with Crippen molar-refractivity contribution in [2.24, 2.45) is 5.92 Å². The van der Waals surface area contributed by atoms with Crippen molar-refractivity contribution in [3.05, 3.63) is 28.2 Å². The van der Waals surface area contributed by atoms with Crippen molar-refractivity contribution >= 4 is 27.5 Å². The number of halogens is 1. The van der Waals surface area contributed by atoms with Gasteiger partial charge in [0.1, 0.15) is 0 Å². The zero-order valence-electron chi connectivity index (χ0n) is 9.11. The van der Waals surface area contributed by atoms with Gasteiger partial charge in [-0.15, -0.1) is 0 Å².